The zero-order chi connectivity index (χ0) is 19.0. The van der Waals surface area contributed by atoms with E-state index in [-0.39, 0.29) is 5.75 Å². The molecular formula is C22H19NO4. The Morgan fingerprint density at radius 3 is 2.74 bits per heavy atom. The van der Waals surface area contributed by atoms with Gasteiger partial charge in [0.2, 0.25) is 0 Å². The first-order valence-corrected chi connectivity index (χ1v) is 8.81. The van der Waals surface area contributed by atoms with E-state index in [0.717, 1.165) is 35.2 Å². The minimum Gasteiger partial charge on any atom is -0.504 e. The monoisotopic (exact) mass is 361 g/mol. The lowest BCUT2D eigenvalue weighted by Crippen LogP contribution is -2.13. The van der Waals surface area contributed by atoms with Crippen LogP contribution in [0.3, 0.4) is 0 Å². The van der Waals surface area contributed by atoms with Gasteiger partial charge < -0.3 is 14.9 Å². The summed E-state index contributed by atoms with van der Waals surface area (Å²) in [6.45, 7) is 0. The third-order valence-electron chi connectivity index (χ3n) is 4.93. The van der Waals surface area contributed by atoms with Crippen LogP contribution in [0.2, 0.25) is 0 Å². The Morgan fingerprint density at radius 2 is 2.00 bits per heavy atom. The van der Waals surface area contributed by atoms with E-state index in [1.165, 1.54) is 7.11 Å². The van der Waals surface area contributed by atoms with E-state index in [1.54, 1.807) is 12.1 Å². The summed E-state index contributed by atoms with van der Waals surface area (Å²) in [5, 5.41) is 20.5. The zero-order valence-corrected chi connectivity index (χ0v) is 14.9. The van der Waals surface area contributed by atoms with Crippen LogP contribution >= 0.6 is 0 Å². The molecule has 27 heavy (non-hydrogen) atoms. The summed E-state index contributed by atoms with van der Waals surface area (Å²) in [4.78, 5) is 16.7. The quantitative estimate of drug-likeness (QED) is 0.717. The highest BCUT2D eigenvalue weighted by Crippen LogP contribution is 2.37. The summed E-state index contributed by atoms with van der Waals surface area (Å²) in [6, 6.07) is 12.6. The maximum absolute atomic E-state index is 12.0. The van der Waals surface area contributed by atoms with Gasteiger partial charge in [0, 0.05) is 5.39 Å². The number of nitrogens with zero attached hydrogens (tertiary/aromatic N) is 1. The average molecular weight is 361 g/mol. The molecule has 0 bridgehead atoms. The van der Waals surface area contributed by atoms with Gasteiger partial charge >= 0.3 is 5.97 Å². The number of allylic oxidation sites excluding steroid dienone is 1. The maximum atomic E-state index is 12.0. The Labute approximate surface area is 156 Å². The number of carbonyl (C=O) groups is 1. The number of phenols is 1. The molecular weight excluding hydrogens is 342 g/mol. The van der Waals surface area contributed by atoms with Crippen molar-refractivity contribution in [3.05, 3.63) is 64.8 Å². The van der Waals surface area contributed by atoms with E-state index in [9.17, 15) is 15.0 Å². The summed E-state index contributed by atoms with van der Waals surface area (Å²) in [5.41, 5.74) is 4.36. The van der Waals surface area contributed by atoms with Gasteiger partial charge in [0.15, 0.2) is 11.5 Å². The number of benzene rings is 2. The number of aromatic nitrogens is 1. The third-order valence-corrected chi connectivity index (χ3v) is 4.93. The highest BCUT2D eigenvalue weighted by atomic mass is 16.5. The van der Waals surface area contributed by atoms with E-state index in [4.69, 9.17) is 9.72 Å². The minimum atomic E-state index is -0.923. The number of rotatable bonds is 3. The lowest BCUT2D eigenvalue weighted by molar-refractivity contribution is 0.0697. The zero-order valence-electron chi connectivity index (χ0n) is 14.9. The molecule has 4 rings (SSSR count). The van der Waals surface area contributed by atoms with E-state index in [1.807, 2.05) is 36.4 Å². The molecule has 0 atom stereocenters. The number of hydrogen-bond acceptors (Lipinski definition) is 4. The highest BCUT2D eigenvalue weighted by Gasteiger charge is 2.24. The van der Waals surface area contributed by atoms with Crippen molar-refractivity contribution in [3.8, 4) is 11.5 Å². The number of methoxy groups -OCH3 is 1. The van der Waals surface area contributed by atoms with Crippen LogP contribution in [-0.4, -0.2) is 28.3 Å². The summed E-state index contributed by atoms with van der Waals surface area (Å²) >= 11 is 0. The molecule has 3 aromatic rings. The predicted molar refractivity (Wildman–Crippen MR) is 104 cm³/mol. The first-order valence-electron chi connectivity index (χ1n) is 8.81. The molecule has 1 heterocycles. The molecule has 5 nitrogen and oxygen atoms in total. The number of ether oxygens (including phenoxy) is 1. The Balaban J connectivity index is 1.91. The van der Waals surface area contributed by atoms with Crippen LogP contribution in [0, 0.1) is 0 Å². The number of aromatic hydroxyl groups is 1. The van der Waals surface area contributed by atoms with Gasteiger partial charge in [0.25, 0.3) is 0 Å². The van der Waals surface area contributed by atoms with Crippen molar-refractivity contribution < 1.29 is 19.7 Å². The number of pyridine rings is 1. The van der Waals surface area contributed by atoms with Gasteiger partial charge in [0.05, 0.1) is 23.9 Å². The summed E-state index contributed by atoms with van der Waals surface area (Å²) < 4.78 is 5.09. The summed E-state index contributed by atoms with van der Waals surface area (Å²) in [5.74, 6) is -0.438. The molecule has 0 saturated heterocycles. The van der Waals surface area contributed by atoms with Crippen LogP contribution < -0.4 is 4.74 Å². The van der Waals surface area contributed by atoms with Gasteiger partial charge in [-0.05, 0) is 60.2 Å². The van der Waals surface area contributed by atoms with Gasteiger partial charge in [-0.1, -0.05) is 24.3 Å². The molecule has 136 valence electrons. The Hall–Kier alpha value is -3.34. The average Bonchev–Trinajstić information content (AvgIpc) is 2.66. The van der Waals surface area contributed by atoms with Gasteiger partial charge in [-0.3, -0.25) is 0 Å². The SMILES string of the molecule is COc1ccc(/C=C2\CCCc3c2nc2ccccc2c3C(=O)O)cc1O. The molecule has 2 N–H and O–H groups in total. The van der Waals surface area contributed by atoms with Crippen molar-refractivity contribution in [2.45, 2.75) is 19.3 Å². The topological polar surface area (TPSA) is 79.7 Å². The first kappa shape index (κ1) is 17.1. The second-order valence-corrected chi connectivity index (χ2v) is 6.59. The second kappa shape index (κ2) is 6.76. The normalized spacial score (nSPS) is 14.9. The Kier molecular flexibility index (Phi) is 4.28. The van der Waals surface area contributed by atoms with Gasteiger partial charge in [-0.15, -0.1) is 0 Å². The first-order chi connectivity index (χ1) is 13.1. The fraction of sp³-hybridized carbons (Fsp3) is 0.182. The van der Waals surface area contributed by atoms with E-state index >= 15 is 0 Å². The van der Waals surface area contributed by atoms with Crippen molar-refractivity contribution >= 4 is 28.5 Å². The lowest BCUT2D eigenvalue weighted by atomic mass is 9.86. The molecule has 0 aliphatic heterocycles. The maximum Gasteiger partial charge on any atom is 0.336 e. The molecule has 1 aliphatic carbocycles. The molecule has 0 fully saturated rings. The van der Waals surface area contributed by atoms with Gasteiger partial charge in [0.1, 0.15) is 0 Å². The van der Waals surface area contributed by atoms with Crippen molar-refractivity contribution in [1.82, 2.24) is 4.98 Å². The number of fused-ring (bicyclic) bond motifs is 2. The lowest BCUT2D eigenvalue weighted by Gasteiger charge is -2.21. The van der Waals surface area contributed by atoms with Crippen molar-refractivity contribution in [3.63, 3.8) is 0 Å². The van der Waals surface area contributed by atoms with E-state index < -0.39 is 5.97 Å². The van der Waals surface area contributed by atoms with Crippen LogP contribution in [0.1, 0.15) is 40.0 Å². The number of phenolic OH excluding ortho intramolecular Hbond substituents is 1. The number of aromatic carboxylic acids is 1. The van der Waals surface area contributed by atoms with Crippen molar-refractivity contribution in [2.75, 3.05) is 7.11 Å². The predicted octanol–water partition coefficient (Wildman–Crippen LogP) is 4.52. The van der Waals surface area contributed by atoms with E-state index in [2.05, 4.69) is 0 Å². The van der Waals surface area contributed by atoms with Crippen LogP contribution in [0.4, 0.5) is 0 Å². The standard InChI is InChI=1S/C22H19NO4/c1-27-19-10-9-13(12-18(19)24)11-14-5-4-7-16-20(22(25)26)15-6-2-3-8-17(15)23-21(14)16/h2-3,6,8-12,24H,4-5,7H2,1H3,(H,25,26)/b14-11+. The second-order valence-electron chi connectivity index (χ2n) is 6.59. The number of carboxylic acid groups (broad SMARTS) is 1. The van der Waals surface area contributed by atoms with Crippen LogP contribution in [0.25, 0.3) is 22.6 Å². The molecule has 2 aromatic carbocycles. The van der Waals surface area contributed by atoms with Crippen LogP contribution in [-0.2, 0) is 6.42 Å². The molecule has 1 aliphatic rings. The molecule has 0 unspecified atom stereocenters. The Bertz CT molecular complexity index is 1090. The number of hydrogen-bond donors (Lipinski definition) is 2. The molecule has 1 aromatic heterocycles. The number of para-hydroxylation sites is 1. The Morgan fingerprint density at radius 1 is 1.19 bits per heavy atom. The van der Waals surface area contributed by atoms with Crippen molar-refractivity contribution in [2.24, 2.45) is 0 Å². The van der Waals surface area contributed by atoms with Gasteiger partial charge in [-0.2, -0.15) is 0 Å². The smallest absolute Gasteiger partial charge is 0.336 e. The van der Waals surface area contributed by atoms with Crippen molar-refractivity contribution in [1.29, 1.82) is 0 Å². The van der Waals surface area contributed by atoms with Crippen LogP contribution in [0.15, 0.2) is 42.5 Å². The minimum absolute atomic E-state index is 0.0700. The van der Waals surface area contributed by atoms with Gasteiger partial charge in [-0.25, -0.2) is 9.78 Å². The molecule has 0 radical (unpaired) electrons. The third kappa shape index (κ3) is 3.01. The molecule has 0 amide bonds. The fourth-order valence-corrected chi connectivity index (χ4v) is 3.72. The fourth-order valence-electron chi connectivity index (χ4n) is 3.72. The van der Waals surface area contributed by atoms with Crippen LogP contribution in [0.5, 0.6) is 11.5 Å². The highest BCUT2D eigenvalue weighted by molar-refractivity contribution is 6.05. The molecule has 5 heteroatoms. The number of carboxylic acids is 1. The summed E-state index contributed by atoms with van der Waals surface area (Å²) in [6.07, 6.45) is 4.33. The summed E-state index contributed by atoms with van der Waals surface area (Å²) in [7, 11) is 1.51. The largest absolute Gasteiger partial charge is 0.504 e. The van der Waals surface area contributed by atoms with E-state index in [0.29, 0.717) is 28.6 Å². The molecule has 0 saturated carbocycles. The molecule has 0 spiro atoms.